The molecule has 108 valence electrons. The third-order valence-electron chi connectivity index (χ3n) is 4.81. The lowest BCUT2D eigenvalue weighted by Crippen LogP contribution is -2.02. The Morgan fingerprint density at radius 3 is 2.55 bits per heavy atom. The van der Waals surface area contributed by atoms with Gasteiger partial charge in [0.2, 0.25) is 0 Å². The van der Waals surface area contributed by atoms with Crippen LogP contribution in [0.4, 0.5) is 0 Å². The number of carbonyl (C=O) groups is 1. The molecule has 0 N–H and O–H groups in total. The minimum atomic E-state index is 0.103. The van der Waals surface area contributed by atoms with Gasteiger partial charge in [-0.1, -0.05) is 61.5 Å². The smallest absolute Gasteiger partial charge is 0.166 e. The SMILES string of the molecule is Cc1ccc2ccccc2c1-c1cccc2c1CC(C)C2=O. The van der Waals surface area contributed by atoms with E-state index < -0.39 is 0 Å². The molecule has 1 aliphatic rings. The Labute approximate surface area is 130 Å². The van der Waals surface area contributed by atoms with Gasteiger partial charge >= 0.3 is 0 Å². The van der Waals surface area contributed by atoms with E-state index in [1.54, 1.807) is 0 Å². The molecule has 0 saturated heterocycles. The Bertz CT molecular complexity index is 905. The zero-order valence-corrected chi connectivity index (χ0v) is 12.9. The van der Waals surface area contributed by atoms with Crippen LogP contribution in [-0.4, -0.2) is 5.78 Å². The molecule has 4 rings (SSSR count). The van der Waals surface area contributed by atoms with Gasteiger partial charge in [-0.2, -0.15) is 0 Å². The fourth-order valence-corrected chi connectivity index (χ4v) is 3.67. The highest BCUT2D eigenvalue weighted by molar-refractivity contribution is 6.06. The molecule has 0 aliphatic heterocycles. The second-order valence-electron chi connectivity index (χ2n) is 6.28. The maximum absolute atomic E-state index is 12.3. The Balaban J connectivity index is 2.06. The van der Waals surface area contributed by atoms with Crippen molar-refractivity contribution in [2.24, 2.45) is 5.92 Å². The van der Waals surface area contributed by atoms with Crippen LogP contribution in [0.3, 0.4) is 0 Å². The lowest BCUT2D eigenvalue weighted by Gasteiger charge is -2.14. The molecule has 0 bridgehead atoms. The summed E-state index contributed by atoms with van der Waals surface area (Å²) in [6.07, 6.45) is 0.854. The van der Waals surface area contributed by atoms with Gasteiger partial charge in [0, 0.05) is 11.5 Å². The van der Waals surface area contributed by atoms with Crippen molar-refractivity contribution in [2.45, 2.75) is 20.3 Å². The van der Waals surface area contributed by atoms with E-state index >= 15 is 0 Å². The molecule has 0 spiro atoms. The molecule has 1 nitrogen and oxygen atoms in total. The molecule has 0 aromatic heterocycles. The highest BCUT2D eigenvalue weighted by atomic mass is 16.1. The van der Waals surface area contributed by atoms with Gasteiger partial charge in [0.05, 0.1) is 0 Å². The molecule has 3 aromatic carbocycles. The van der Waals surface area contributed by atoms with Gasteiger partial charge < -0.3 is 0 Å². The number of hydrogen-bond acceptors (Lipinski definition) is 1. The Morgan fingerprint density at radius 2 is 1.68 bits per heavy atom. The van der Waals surface area contributed by atoms with Crippen LogP contribution in [0.1, 0.15) is 28.4 Å². The van der Waals surface area contributed by atoms with Crippen molar-refractivity contribution in [3.8, 4) is 11.1 Å². The summed E-state index contributed by atoms with van der Waals surface area (Å²) in [4.78, 5) is 12.3. The zero-order chi connectivity index (χ0) is 15.3. The van der Waals surface area contributed by atoms with E-state index in [9.17, 15) is 4.79 Å². The highest BCUT2D eigenvalue weighted by Gasteiger charge is 2.29. The Hall–Kier alpha value is -2.41. The van der Waals surface area contributed by atoms with E-state index in [0.29, 0.717) is 0 Å². The van der Waals surface area contributed by atoms with E-state index in [0.717, 1.165) is 12.0 Å². The molecular formula is C21H18O. The standard InChI is InChI=1S/C21H18O/c1-13-10-11-15-6-3-4-7-16(15)20(13)17-8-5-9-18-19(17)12-14(2)21(18)22/h3-11,14H,12H2,1-2H3. The Kier molecular flexibility index (Phi) is 2.90. The normalized spacial score (nSPS) is 17.0. The molecule has 1 heteroatoms. The summed E-state index contributed by atoms with van der Waals surface area (Å²) in [5.74, 6) is 0.390. The van der Waals surface area contributed by atoms with Crippen LogP contribution in [-0.2, 0) is 6.42 Å². The molecule has 1 atom stereocenters. The fraction of sp³-hybridized carbons (Fsp3) is 0.190. The molecule has 1 aliphatic carbocycles. The number of fused-ring (bicyclic) bond motifs is 2. The van der Waals surface area contributed by atoms with E-state index in [-0.39, 0.29) is 11.7 Å². The lowest BCUT2D eigenvalue weighted by atomic mass is 9.89. The van der Waals surface area contributed by atoms with E-state index in [1.165, 1.54) is 33.0 Å². The second-order valence-corrected chi connectivity index (χ2v) is 6.28. The summed E-state index contributed by atoms with van der Waals surface area (Å²) in [5, 5.41) is 2.51. The maximum Gasteiger partial charge on any atom is 0.166 e. The van der Waals surface area contributed by atoms with Gasteiger partial charge in [0.1, 0.15) is 0 Å². The van der Waals surface area contributed by atoms with Crippen molar-refractivity contribution in [3.63, 3.8) is 0 Å². The summed E-state index contributed by atoms with van der Waals surface area (Å²) in [6.45, 7) is 4.18. The number of ketones is 1. The molecule has 3 aromatic rings. The largest absolute Gasteiger partial charge is 0.294 e. The molecule has 0 saturated carbocycles. The van der Waals surface area contributed by atoms with Gasteiger partial charge in [0.15, 0.2) is 5.78 Å². The van der Waals surface area contributed by atoms with Gasteiger partial charge in [-0.3, -0.25) is 4.79 Å². The summed E-state index contributed by atoms with van der Waals surface area (Å²) in [5.41, 5.74) is 5.90. The third kappa shape index (κ3) is 1.82. The number of benzene rings is 3. The quantitative estimate of drug-likeness (QED) is 0.601. The highest BCUT2D eigenvalue weighted by Crippen LogP contribution is 2.39. The van der Waals surface area contributed by atoms with Gasteiger partial charge in [0.25, 0.3) is 0 Å². The first-order chi connectivity index (χ1) is 10.7. The minimum Gasteiger partial charge on any atom is -0.294 e. The first-order valence-corrected chi connectivity index (χ1v) is 7.81. The van der Waals surface area contributed by atoms with Crippen LogP contribution in [0.15, 0.2) is 54.6 Å². The molecule has 0 radical (unpaired) electrons. The lowest BCUT2D eigenvalue weighted by molar-refractivity contribution is 0.0946. The van der Waals surface area contributed by atoms with E-state index in [1.807, 2.05) is 19.1 Å². The molecular weight excluding hydrogens is 268 g/mol. The average molecular weight is 286 g/mol. The predicted molar refractivity (Wildman–Crippen MR) is 91.3 cm³/mol. The molecule has 22 heavy (non-hydrogen) atoms. The number of rotatable bonds is 1. The molecule has 1 unspecified atom stereocenters. The number of Topliss-reactive ketones (excluding diaryl/α,β-unsaturated/α-hetero) is 1. The molecule has 0 fully saturated rings. The van der Waals surface area contributed by atoms with Crippen LogP contribution in [0.25, 0.3) is 21.9 Å². The van der Waals surface area contributed by atoms with Crippen molar-refractivity contribution < 1.29 is 4.79 Å². The zero-order valence-electron chi connectivity index (χ0n) is 12.9. The van der Waals surface area contributed by atoms with Crippen LogP contribution >= 0.6 is 0 Å². The van der Waals surface area contributed by atoms with Gasteiger partial charge in [-0.05, 0) is 46.4 Å². The van der Waals surface area contributed by atoms with Crippen LogP contribution in [0, 0.1) is 12.8 Å². The predicted octanol–water partition coefficient (Wildman–Crippen LogP) is 5.19. The van der Waals surface area contributed by atoms with Crippen LogP contribution < -0.4 is 0 Å². The number of aryl methyl sites for hydroxylation is 1. The summed E-state index contributed by atoms with van der Waals surface area (Å²) < 4.78 is 0. The number of carbonyl (C=O) groups excluding carboxylic acids is 1. The van der Waals surface area contributed by atoms with E-state index in [4.69, 9.17) is 0 Å². The van der Waals surface area contributed by atoms with Crippen molar-refractivity contribution in [3.05, 3.63) is 71.3 Å². The van der Waals surface area contributed by atoms with Crippen molar-refractivity contribution in [2.75, 3.05) is 0 Å². The van der Waals surface area contributed by atoms with Gasteiger partial charge in [-0.15, -0.1) is 0 Å². The minimum absolute atomic E-state index is 0.103. The van der Waals surface area contributed by atoms with Crippen LogP contribution in [0.2, 0.25) is 0 Å². The topological polar surface area (TPSA) is 17.1 Å². The van der Waals surface area contributed by atoms with Gasteiger partial charge in [-0.25, -0.2) is 0 Å². The van der Waals surface area contributed by atoms with Crippen LogP contribution in [0.5, 0.6) is 0 Å². The van der Waals surface area contributed by atoms with Crippen molar-refractivity contribution in [1.82, 2.24) is 0 Å². The average Bonchev–Trinajstić information content (AvgIpc) is 2.83. The summed E-state index contributed by atoms with van der Waals surface area (Å²) in [6, 6.07) is 19.0. The molecule has 0 amide bonds. The summed E-state index contributed by atoms with van der Waals surface area (Å²) >= 11 is 0. The summed E-state index contributed by atoms with van der Waals surface area (Å²) in [7, 11) is 0. The fourth-order valence-electron chi connectivity index (χ4n) is 3.67. The third-order valence-corrected chi connectivity index (χ3v) is 4.81. The number of hydrogen-bond donors (Lipinski definition) is 0. The van der Waals surface area contributed by atoms with Crippen molar-refractivity contribution in [1.29, 1.82) is 0 Å². The van der Waals surface area contributed by atoms with E-state index in [2.05, 4.69) is 49.4 Å². The first kappa shape index (κ1) is 13.3. The van der Waals surface area contributed by atoms with Crippen molar-refractivity contribution >= 4 is 16.6 Å². The molecule has 0 heterocycles. The first-order valence-electron chi connectivity index (χ1n) is 7.81. The maximum atomic E-state index is 12.3. The monoisotopic (exact) mass is 286 g/mol. The Morgan fingerprint density at radius 1 is 0.909 bits per heavy atom. The second kappa shape index (κ2) is 4.81.